The van der Waals surface area contributed by atoms with Crippen LogP contribution < -0.4 is 0 Å². The standard InChI is InChI=1S/C10H9FN2O2S/c1-16(14,15)7-2-3-8(9(11)6-7)10-4-5-12-13-10/h2-6H,1H3,(H,12,13). The number of H-pyrrole nitrogens is 1. The van der Waals surface area contributed by atoms with Crippen molar-refractivity contribution in [2.75, 3.05) is 6.26 Å². The molecule has 4 nitrogen and oxygen atoms in total. The summed E-state index contributed by atoms with van der Waals surface area (Å²) < 4.78 is 36.0. The van der Waals surface area contributed by atoms with Crippen molar-refractivity contribution < 1.29 is 12.8 Å². The van der Waals surface area contributed by atoms with Crippen LogP contribution in [-0.4, -0.2) is 24.9 Å². The van der Waals surface area contributed by atoms with Gasteiger partial charge in [0.1, 0.15) is 5.82 Å². The van der Waals surface area contributed by atoms with Crippen molar-refractivity contribution in [3.8, 4) is 11.3 Å². The minimum Gasteiger partial charge on any atom is -0.285 e. The molecule has 1 aromatic heterocycles. The molecular weight excluding hydrogens is 231 g/mol. The number of nitrogens with zero attached hydrogens (tertiary/aromatic N) is 1. The van der Waals surface area contributed by atoms with Crippen molar-refractivity contribution >= 4 is 9.84 Å². The van der Waals surface area contributed by atoms with Crippen LogP contribution in [-0.2, 0) is 9.84 Å². The molecule has 1 N–H and O–H groups in total. The highest BCUT2D eigenvalue weighted by atomic mass is 32.2. The third kappa shape index (κ3) is 1.96. The monoisotopic (exact) mass is 240 g/mol. The Morgan fingerprint density at radius 3 is 2.56 bits per heavy atom. The summed E-state index contributed by atoms with van der Waals surface area (Å²) in [6, 6.07) is 5.38. The molecule has 0 aliphatic carbocycles. The van der Waals surface area contributed by atoms with Crippen molar-refractivity contribution in [3.05, 3.63) is 36.3 Å². The molecule has 0 radical (unpaired) electrons. The lowest BCUT2D eigenvalue weighted by atomic mass is 10.1. The lowest BCUT2D eigenvalue weighted by Gasteiger charge is -2.02. The zero-order valence-electron chi connectivity index (χ0n) is 8.44. The summed E-state index contributed by atoms with van der Waals surface area (Å²) in [6.45, 7) is 0. The third-order valence-electron chi connectivity index (χ3n) is 2.15. The highest BCUT2D eigenvalue weighted by Crippen LogP contribution is 2.22. The minimum absolute atomic E-state index is 0.0377. The first-order valence-electron chi connectivity index (χ1n) is 4.48. The predicted molar refractivity (Wildman–Crippen MR) is 57.1 cm³/mol. The second-order valence-corrected chi connectivity index (χ2v) is 5.39. The van der Waals surface area contributed by atoms with Gasteiger partial charge in [-0.15, -0.1) is 0 Å². The summed E-state index contributed by atoms with van der Waals surface area (Å²) in [5.41, 5.74) is 0.714. The molecule has 2 aromatic rings. The van der Waals surface area contributed by atoms with E-state index in [4.69, 9.17) is 0 Å². The normalized spacial score (nSPS) is 11.6. The van der Waals surface area contributed by atoms with Gasteiger partial charge in [0.25, 0.3) is 0 Å². The van der Waals surface area contributed by atoms with Gasteiger partial charge in [-0.05, 0) is 24.3 Å². The van der Waals surface area contributed by atoms with E-state index in [1.54, 1.807) is 12.3 Å². The Hall–Kier alpha value is -1.69. The number of sulfone groups is 1. The van der Waals surface area contributed by atoms with Gasteiger partial charge >= 0.3 is 0 Å². The highest BCUT2D eigenvalue weighted by Gasteiger charge is 2.12. The maximum absolute atomic E-state index is 13.6. The van der Waals surface area contributed by atoms with Crippen molar-refractivity contribution in [3.63, 3.8) is 0 Å². The number of nitrogens with one attached hydrogen (secondary N) is 1. The van der Waals surface area contributed by atoms with Crippen molar-refractivity contribution in [1.29, 1.82) is 0 Å². The van der Waals surface area contributed by atoms with Crippen LogP contribution in [0.15, 0.2) is 35.4 Å². The zero-order valence-corrected chi connectivity index (χ0v) is 9.25. The van der Waals surface area contributed by atoms with E-state index in [9.17, 15) is 12.8 Å². The highest BCUT2D eigenvalue weighted by molar-refractivity contribution is 7.90. The minimum atomic E-state index is -3.38. The molecule has 1 heterocycles. The molecule has 1 aromatic carbocycles. The number of aromatic amines is 1. The number of aromatic nitrogens is 2. The number of hydrogen-bond donors (Lipinski definition) is 1. The lowest BCUT2D eigenvalue weighted by Crippen LogP contribution is -1.98. The number of hydrogen-bond acceptors (Lipinski definition) is 3. The molecule has 0 unspecified atom stereocenters. The topological polar surface area (TPSA) is 62.8 Å². The summed E-state index contributed by atoms with van der Waals surface area (Å²) >= 11 is 0. The van der Waals surface area contributed by atoms with Gasteiger partial charge in [-0.2, -0.15) is 5.10 Å². The quantitative estimate of drug-likeness (QED) is 0.867. The van der Waals surface area contributed by atoms with Crippen LogP contribution in [0.3, 0.4) is 0 Å². The smallest absolute Gasteiger partial charge is 0.175 e. The Balaban J connectivity index is 2.54. The van der Waals surface area contributed by atoms with Crippen LogP contribution in [0.1, 0.15) is 0 Å². The van der Waals surface area contributed by atoms with Gasteiger partial charge in [0.05, 0.1) is 10.6 Å². The van der Waals surface area contributed by atoms with Crippen LogP contribution >= 0.6 is 0 Å². The average Bonchev–Trinajstić information content (AvgIpc) is 2.69. The van der Waals surface area contributed by atoms with E-state index in [-0.39, 0.29) is 10.5 Å². The third-order valence-corrected chi connectivity index (χ3v) is 3.26. The van der Waals surface area contributed by atoms with Crippen LogP contribution in [0.2, 0.25) is 0 Å². The molecule has 0 bridgehead atoms. The molecule has 2 rings (SSSR count). The van der Waals surface area contributed by atoms with Gasteiger partial charge in [-0.25, -0.2) is 12.8 Å². The van der Waals surface area contributed by atoms with E-state index >= 15 is 0 Å². The molecule has 0 saturated heterocycles. The summed E-state index contributed by atoms with van der Waals surface area (Å²) in [4.78, 5) is -0.0377. The molecule has 0 fully saturated rings. The first-order valence-corrected chi connectivity index (χ1v) is 6.37. The summed E-state index contributed by atoms with van der Waals surface area (Å²) in [5, 5.41) is 6.39. The van der Waals surface area contributed by atoms with Gasteiger partial charge in [-0.1, -0.05) is 0 Å². The van der Waals surface area contributed by atoms with Crippen molar-refractivity contribution in [2.45, 2.75) is 4.90 Å². The fourth-order valence-electron chi connectivity index (χ4n) is 1.34. The molecule has 0 aliphatic rings. The number of halogens is 1. The second kappa shape index (κ2) is 3.71. The zero-order chi connectivity index (χ0) is 11.8. The van der Waals surface area contributed by atoms with E-state index in [0.717, 1.165) is 12.3 Å². The predicted octanol–water partition coefficient (Wildman–Crippen LogP) is 1.62. The van der Waals surface area contributed by atoms with Crippen LogP contribution in [0.4, 0.5) is 4.39 Å². The molecule has 0 saturated carbocycles. The summed E-state index contributed by atoms with van der Waals surface area (Å²) in [5.74, 6) is -0.602. The van der Waals surface area contributed by atoms with Crippen molar-refractivity contribution in [2.24, 2.45) is 0 Å². The van der Waals surface area contributed by atoms with E-state index < -0.39 is 15.7 Å². The molecule has 0 spiro atoms. The van der Waals surface area contributed by atoms with E-state index in [1.165, 1.54) is 12.1 Å². The molecular formula is C10H9FN2O2S. The largest absolute Gasteiger partial charge is 0.285 e. The van der Waals surface area contributed by atoms with Gasteiger partial charge in [-0.3, -0.25) is 5.10 Å². The Morgan fingerprint density at radius 1 is 1.31 bits per heavy atom. The average molecular weight is 240 g/mol. The first kappa shape index (κ1) is 10.8. The van der Waals surface area contributed by atoms with Gasteiger partial charge in [0.15, 0.2) is 9.84 Å². The van der Waals surface area contributed by atoms with Crippen molar-refractivity contribution in [1.82, 2.24) is 10.2 Å². The number of benzene rings is 1. The molecule has 0 atom stereocenters. The SMILES string of the molecule is CS(=O)(=O)c1ccc(-c2cc[nH]n2)c(F)c1. The van der Waals surface area contributed by atoms with Gasteiger partial charge in [0, 0.05) is 18.0 Å². The van der Waals surface area contributed by atoms with E-state index in [1.807, 2.05) is 0 Å². The van der Waals surface area contributed by atoms with E-state index in [2.05, 4.69) is 10.2 Å². The maximum Gasteiger partial charge on any atom is 0.175 e. The Morgan fingerprint density at radius 2 is 2.06 bits per heavy atom. The Bertz CT molecular complexity index is 606. The fourth-order valence-corrected chi connectivity index (χ4v) is 1.98. The van der Waals surface area contributed by atoms with E-state index in [0.29, 0.717) is 5.69 Å². The second-order valence-electron chi connectivity index (χ2n) is 3.37. The van der Waals surface area contributed by atoms with Crippen LogP contribution in [0, 0.1) is 5.82 Å². The molecule has 6 heteroatoms. The van der Waals surface area contributed by atoms with Gasteiger partial charge < -0.3 is 0 Å². The molecule has 0 amide bonds. The molecule has 16 heavy (non-hydrogen) atoms. The van der Waals surface area contributed by atoms with Crippen LogP contribution in [0.25, 0.3) is 11.3 Å². The Labute approximate surface area is 92.0 Å². The van der Waals surface area contributed by atoms with Gasteiger partial charge in [0.2, 0.25) is 0 Å². The fraction of sp³-hybridized carbons (Fsp3) is 0.100. The summed E-state index contributed by atoms with van der Waals surface area (Å²) in [7, 11) is -3.38. The van der Waals surface area contributed by atoms with Crippen LogP contribution in [0.5, 0.6) is 0 Å². The molecule has 84 valence electrons. The summed E-state index contributed by atoms with van der Waals surface area (Å²) in [6.07, 6.45) is 2.61. The molecule has 0 aliphatic heterocycles. The number of rotatable bonds is 2. The maximum atomic E-state index is 13.6. The lowest BCUT2D eigenvalue weighted by molar-refractivity contribution is 0.596. The Kier molecular flexibility index (Phi) is 2.51. The first-order chi connectivity index (χ1) is 7.48.